The van der Waals surface area contributed by atoms with Crippen LogP contribution in [0, 0.1) is 0 Å². The van der Waals surface area contributed by atoms with Crippen LogP contribution in [0.5, 0.6) is 0 Å². The minimum atomic E-state index is 0.439. The normalized spacial score (nSPS) is 10.2. The number of anilines is 1. The molecule has 0 saturated carbocycles. The fourth-order valence-corrected chi connectivity index (χ4v) is 1.30. The monoisotopic (exact) mass is 259 g/mol. The zero-order valence-corrected chi connectivity index (χ0v) is 9.97. The van der Waals surface area contributed by atoms with Crippen LogP contribution in [0.15, 0.2) is 10.7 Å². The van der Waals surface area contributed by atoms with E-state index in [4.69, 9.17) is 4.74 Å². The third-order valence-electron chi connectivity index (χ3n) is 1.61. The molecule has 0 unspecified atom stereocenters. The summed E-state index contributed by atoms with van der Waals surface area (Å²) in [6.45, 7) is 3.45. The SMILES string of the molecule is CCCNc1nc(COC)ncc1Br. The van der Waals surface area contributed by atoms with Gasteiger partial charge < -0.3 is 10.1 Å². The van der Waals surface area contributed by atoms with Gasteiger partial charge in [-0.05, 0) is 22.4 Å². The first-order valence-corrected chi connectivity index (χ1v) is 5.31. The van der Waals surface area contributed by atoms with Crippen LogP contribution in [0.1, 0.15) is 19.2 Å². The van der Waals surface area contributed by atoms with Crippen LogP contribution in [0.25, 0.3) is 0 Å². The molecular formula is C9H14BrN3O. The van der Waals surface area contributed by atoms with E-state index in [0.717, 1.165) is 23.3 Å². The smallest absolute Gasteiger partial charge is 0.156 e. The van der Waals surface area contributed by atoms with Gasteiger partial charge in [0.05, 0.1) is 4.47 Å². The Morgan fingerprint density at radius 1 is 1.57 bits per heavy atom. The van der Waals surface area contributed by atoms with Crippen LogP contribution >= 0.6 is 15.9 Å². The van der Waals surface area contributed by atoms with Crippen molar-refractivity contribution in [1.82, 2.24) is 9.97 Å². The molecule has 0 aliphatic rings. The van der Waals surface area contributed by atoms with E-state index in [2.05, 4.69) is 38.1 Å². The number of hydrogen-bond donors (Lipinski definition) is 1. The van der Waals surface area contributed by atoms with Gasteiger partial charge in [-0.25, -0.2) is 9.97 Å². The van der Waals surface area contributed by atoms with Crippen molar-refractivity contribution in [3.05, 3.63) is 16.5 Å². The Hall–Kier alpha value is -0.680. The number of aromatic nitrogens is 2. The quantitative estimate of drug-likeness (QED) is 0.881. The van der Waals surface area contributed by atoms with E-state index in [9.17, 15) is 0 Å². The highest BCUT2D eigenvalue weighted by molar-refractivity contribution is 9.10. The van der Waals surface area contributed by atoms with E-state index in [0.29, 0.717) is 12.4 Å². The molecule has 0 saturated heterocycles. The molecule has 0 aliphatic heterocycles. The standard InChI is InChI=1S/C9H14BrN3O/c1-3-4-11-9-7(10)5-12-8(13-9)6-14-2/h5H,3-4,6H2,1-2H3,(H,11,12,13). The second kappa shape index (κ2) is 5.93. The Morgan fingerprint density at radius 3 is 3.00 bits per heavy atom. The summed E-state index contributed by atoms with van der Waals surface area (Å²) in [5.41, 5.74) is 0. The number of halogens is 1. The fourth-order valence-electron chi connectivity index (χ4n) is 0.970. The molecule has 0 spiro atoms. The lowest BCUT2D eigenvalue weighted by Gasteiger charge is -2.07. The third kappa shape index (κ3) is 3.23. The van der Waals surface area contributed by atoms with Crippen LogP contribution < -0.4 is 5.32 Å². The van der Waals surface area contributed by atoms with E-state index in [1.54, 1.807) is 13.3 Å². The van der Waals surface area contributed by atoms with E-state index < -0.39 is 0 Å². The molecule has 0 atom stereocenters. The van der Waals surface area contributed by atoms with Gasteiger partial charge in [0.15, 0.2) is 5.82 Å². The number of ether oxygens (including phenoxy) is 1. The second-order valence-corrected chi connectivity index (χ2v) is 3.70. The molecule has 78 valence electrons. The van der Waals surface area contributed by atoms with E-state index in [-0.39, 0.29) is 0 Å². The Kier molecular flexibility index (Phi) is 4.82. The van der Waals surface area contributed by atoms with Gasteiger partial charge in [-0.2, -0.15) is 0 Å². The Bertz CT molecular complexity index is 293. The fraction of sp³-hybridized carbons (Fsp3) is 0.556. The maximum Gasteiger partial charge on any atom is 0.156 e. The van der Waals surface area contributed by atoms with Crippen LogP contribution in [-0.4, -0.2) is 23.6 Å². The molecule has 0 bridgehead atoms. The number of methoxy groups -OCH3 is 1. The van der Waals surface area contributed by atoms with Crippen molar-refractivity contribution >= 4 is 21.7 Å². The van der Waals surface area contributed by atoms with Crippen molar-refractivity contribution < 1.29 is 4.74 Å². The predicted octanol–water partition coefficient (Wildman–Crippen LogP) is 2.21. The summed E-state index contributed by atoms with van der Waals surface area (Å²) in [5.74, 6) is 1.52. The Balaban J connectivity index is 2.74. The number of nitrogens with one attached hydrogen (secondary N) is 1. The van der Waals surface area contributed by atoms with E-state index in [1.807, 2.05) is 0 Å². The second-order valence-electron chi connectivity index (χ2n) is 2.84. The van der Waals surface area contributed by atoms with Crippen molar-refractivity contribution in [3.8, 4) is 0 Å². The highest BCUT2D eigenvalue weighted by Crippen LogP contribution is 2.18. The lowest BCUT2D eigenvalue weighted by Crippen LogP contribution is -2.06. The van der Waals surface area contributed by atoms with Gasteiger partial charge in [-0.15, -0.1) is 0 Å². The first-order chi connectivity index (χ1) is 6.77. The van der Waals surface area contributed by atoms with Crippen LogP contribution in [0.2, 0.25) is 0 Å². The van der Waals surface area contributed by atoms with Gasteiger partial charge in [-0.3, -0.25) is 0 Å². The van der Waals surface area contributed by atoms with Gasteiger partial charge in [-0.1, -0.05) is 6.92 Å². The number of nitrogens with zero attached hydrogens (tertiary/aromatic N) is 2. The van der Waals surface area contributed by atoms with Gasteiger partial charge >= 0.3 is 0 Å². The van der Waals surface area contributed by atoms with Crippen LogP contribution in [0.3, 0.4) is 0 Å². The molecule has 0 radical (unpaired) electrons. The molecule has 5 heteroatoms. The molecule has 0 fully saturated rings. The summed E-state index contributed by atoms with van der Waals surface area (Å²) >= 11 is 3.38. The molecule has 1 aromatic rings. The number of hydrogen-bond acceptors (Lipinski definition) is 4. The predicted molar refractivity (Wildman–Crippen MR) is 59.2 cm³/mol. The Morgan fingerprint density at radius 2 is 2.36 bits per heavy atom. The van der Waals surface area contributed by atoms with Crippen molar-refractivity contribution in [2.45, 2.75) is 20.0 Å². The molecule has 0 amide bonds. The van der Waals surface area contributed by atoms with Crippen molar-refractivity contribution in [2.24, 2.45) is 0 Å². The van der Waals surface area contributed by atoms with E-state index >= 15 is 0 Å². The molecular weight excluding hydrogens is 246 g/mol. The van der Waals surface area contributed by atoms with Crippen molar-refractivity contribution in [2.75, 3.05) is 19.0 Å². The molecule has 0 aromatic carbocycles. The summed E-state index contributed by atoms with van der Waals surface area (Å²) in [6.07, 6.45) is 2.80. The summed E-state index contributed by atoms with van der Waals surface area (Å²) in [7, 11) is 1.63. The first-order valence-electron chi connectivity index (χ1n) is 4.52. The lowest BCUT2D eigenvalue weighted by molar-refractivity contribution is 0.178. The minimum absolute atomic E-state index is 0.439. The summed E-state index contributed by atoms with van der Waals surface area (Å²) < 4.78 is 5.84. The average molecular weight is 260 g/mol. The van der Waals surface area contributed by atoms with Gasteiger partial charge in [0.1, 0.15) is 12.4 Å². The molecule has 14 heavy (non-hydrogen) atoms. The molecule has 4 nitrogen and oxygen atoms in total. The maximum atomic E-state index is 4.96. The first kappa shape index (κ1) is 11.4. The van der Waals surface area contributed by atoms with Crippen molar-refractivity contribution in [1.29, 1.82) is 0 Å². The van der Waals surface area contributed by atoms with Crippen LogP contribution in [-0.2, 0) is 11.3 Å². The molecule has 1 heterocycles. The molecule has 1 rings (SSSR count). The average Bonchev–Trinajstić information content (AvgIpc) is 2.19. The molecule has 1 aromatic heterocycles. The lowest BCUT2D eigenvalue weighted by atomic mass is 10.4. The van der Waals surface area contributed by atoms with Gasteiger partial charge in [0, 0.05) is 19.9 Å². The highest BCUT2D eigenvalue weighted by atomic mass is 79.9. The minimum Gasteiger partial charge on any atom is -0.377 e. The summed E-state index contributed by atoms with van der Waals surface area (Å²) in [6, 6.07) is 0. The zero-order valence-electron chi connectivity index (χ0n) is 8.38. The highest BCUT2D eigenvalue weighted by Gasteiger charge is 2.03. The topological polar surface area (TPSA) is 47.0 Å². The third-order valence-corrected chi connectivity index (χ3v) is 2.19. The van der Waals surface area contributed by atoms with Crippen LogP contribution in [0.4, 0.5) is 5.82 Å². The van der Waals surface area contributed by atoms with Crippen molar-refractivity contribution in [3.63, 3.8) is 0 Å². The molecule has 0 aliphatic carbocycles. The largest absolute Gasteiger partial charge is 0.377 e. The van der Waals surface area contributed by atoms with E-state index in [1.165, 1.54) is 0 Å². The van der Waals surface area contributed by atoms with Gasteiger partial charge in [0.25, 0.3) is 0 Å². The Labute approximate surface area is 92.2 Å². The zero-order chi connectivity index (χ0) is 10.4. The number of rotatable bonds is 5. The summed E-state index contributed by atoms with van der Waals surface area (Å²) in [4.78, 5) is 8.42. The van der Waals surface area contributed by atoms with Gasteiger partial charge in [0.2, 0.25) is 0 Å². The molecule has 1 N–H and O–H groups in total. The summed E-state index contributed by atoms with van der Waals surface area (Å²) in [5, 5.41) is 3.21. The maximum absolute atomic E-state index is 4.96.